The quantitative estimate of drug-likeness (QED) is 0.306. The van der Waals surface area contributed by atoms with E-state index >= 15 is 0 Å². The van der Waals surface area contributed by atoms with Gasteiger partial charge in [-0.25, -0.2) is 0 Å². The van der Waals surface area contributed by atoms with E-state index in [1.54, 1.807) is 36.7 Å². The van der Waals surface area contributed by atoms with Crippen LogP contribution in [0.3, 0.4) is 0 Å². The van der Waals surface area contributed by atoms with Crippen molar-refractivity contribution in [2.45, 2.75) is 6.42 Å². The van der Waals surface area contributed by atoms with Crippen LogP contribution in [-0.2, 0) is 11.2 Å². The van der Waals surface area contributed by atoms with Crippen molar-refractivity contribution in [2.24, 2.45) is 0 Å². The number of amides is 1. The second kappa shape index (κ2) is 7.43. The van der Waals surface area contributed by atoms with Crippen LogP contribution in [0.2, 0.25) is 0 Å². The number of pyridine rings is 1. The summed E-state index contributed by atoms with van der Waals surface area (Å²) in [5.41, 5.74) is 2.90. The largest absolute Gasteiger partial charge is 0.505 e. The molecule has 2 N–H and O–H groups in total. The van der Waals surface area contributed by atoms with Crippen LogP contribution in [0.1, 0.15) is 11.1 Å². The van der Waals surface area contributed by atoms with Crippen LogP contribution in [-0.4, -0.2) is 21.4 Å². The number of phenolic OH excluding ortho intramolecular Hbond substituents is 1. The highest BCUT2D eigenvalue weighted by Crippen LogP contribution is 2.38. The molecule has 0 saturated heterocycles. The molecule has 3 aromatic rings. The third-order valence-corrected chi connectivity index (χ3v) is 3.91. The molecule has 0 unspecified atom stereocenters. The molecule has 1 heterocycles. The number of hydrogen-bond acceptors (Lipinski definition) is 5. The Hall–Kier alpha value is -3.74. The number of carbonyl (C=O) groups excluding carboxylic acids is 1. The van der Waals surface area contributed by atoms with Gasteiger partial charge >= 0.3 is 0 Å². The minimum atomic E-state index is -0.494. The van der Waals surface area contributed by atoms with Crippen molar-refractivity contribution in [3.8, 4) is 16.9 Å². The number of nitrogens with zero attached hydrogens (tertiary/aromatic N) is 2. The fraction of sp³-hybridized carbons (Fsp3) is 0.0526. The Balaban J connectivity index is 2.10. The second-order valence-corrected chi connectivity index (χ2v) is 5.64. The summed E-state index contributed by atoms with van der Waals surface area (Å²) >= 11 is 0. The molecule has 130 valence electrons. The number of phenols is 1. The number of hydrogen-bond donors (Lipinski definition) is 2. The van der Waals surface area contributed by atoms with Gasteiger partial charge in [0.25, 0.3) is 5.69 Å². The van der Waals surface area contributed by atoms with Crippen LogP contribution < -0.4 is 5.32 Å². The van der Waals surface area contributed by atoms with Gasteiger partial charge in [0.2, 0.25) is 6.41 Å². The average molecular weight is 349 g/mol. The first-order chi connectivity index (χ1) is 12.6. The average Bonchev–Trinajstić information content (AvgIpc) is 2.65. The van der Waals surface area contributed by atoms with Crippen LogP contribution in [0.4, 0.5) is 11.4 Å². The molecule has 0 aliphatic heterocycles. The van der Waals surface area contributed by atoms with Crippen molar-refractivity contribution in [3.63, 3.8) is 0 Å². The lowest BCUT2D eigenvalue weighted by Gasteiger charge is -2.13. The van der Waals surface area contributed by atoms with Gasteiger partial charge < -0.3 is 10.4 Å². The van der Waals surface area contributed by atoms with Gasteiger partial charge in [-0.15, -0.1) is 0 Å². The van der Waals surface area contributed by atoms with E-state index in [2.05, 4.69) is 10.3 Å². The van der Waals surface area contributed by atoms with E-state index in [1.807, 2.05) is 12.1 Å². The maximum absolute atomic E-state index is 11.0. The molecule has 7 heteroatoms. The number of nitro groups is 1. The number of benzene rings is 2. The predicted molar refractivity (Wildman–Crippen MR) is 96.9 cm³/mol. The standard InChI is InChI=1S/C19H15N3O4/c23-12-21-18-10-14(8-13-4-6-20-7-5-13)9-17(19(18)24)15-2-1-3-16(11-15)22(25)26/h1-7,9-12,24H,8H2,(H,21,23). The summed E-state index contributed by atoms with van der Waals surface area (Å²) in [5, 5.41) is 24.0. The summed E-state index contributed by atoms with van der Waals surface area (Å²) in [6.45, 7) is 0. The first-order valence-electron chi connectivity index (χ1n) is 7.78. The van der Waals surface area contributed by atoms with Gasteiger partial charge in [0.15, 0.2) is 0 Å². The van der Waals surface area contributed by atoms with E-state index in [-0.39, 0.29) is 17.1 Å². The maximum Gasteiger partial charge on any atom is 0.270 e. The molecule has 0 fully saturated rings. The molecule has 0 saturated carbocycles. The van der Waals surface area contributed by atoms with Crippen LogP contribution >= 0.6 is 0 Å². The summed E-state index contributed by atoms with van der Waals surface area (Å²) in [6.07, 6.45) is 4.39. The van der Waals surface area contributed by atoms with Gasteiger partial charge in [0.1, 0.15) is 5.75 Å². The molecule has 7 nitrogen and oxygen atoms in total. The second-order valence-electron chi connectivity index (χ2n) is 5.64. The summed E-state index contributed by atoms with van der Waals surface area (Å²) in [4.78, 5) is 25.4. The molecule has 0 spiro atoms. The third kappa shape index (κ3) is 3.67. The lowest BCUT2D eigenvalue weighted by molar-refractivity contribution is -0.384. The van der Waals surface area contributed by atoms with Crippen molar-refractivity contribution in [1.29, 1.82) is 0 Å². The Morgan fingerprint density at radius 2 is 1.88 bits per heavy atom. The summed E-state index contributed by atoms with van der Waals surface area (Å²) in [7, 11) is 0. The van der Waals surface area contributed by atoms with E-state index in [9.17, 15) is 20.0 Å². The Labute approximate surface area is 149 Å². The Morgan fingerprint density at radius 1 is 1.12 bits per heavy atom. The first kappa shape index (κ1) is 17.1. The normalized spacial score (nSPS) is 10.3. The molecular formula is C19H15N3O4. The van der Waals surface area contributed by atoms with Gasteiger partial charge in [0.05, 0.1) is 10.6 Å². The Morgan fingerprint density at radius 3 is 2.58 bits per heavy atom. The van der Waals surface area contributed by atoms with Gasteiger partial charge in [-0.2, -0.15) is 0 Å². The molecule has 1 aromatic heterocycles. The number of non-ortho nitro benzene ring substituents is 1. The Bertz CT molecular complexity index is 958. The predicted octanol–water partition coefficient (Wildman–Crippen LogP) is 3.52. The smallest absolute Gasteiger partial charge is 0.270 e. The number of rotatable bonds is 6. The highest BCUT2D eigenvalue weighted by atomic mass is 16.6. The number of aromatic hydroxyl groups is 1. The molecule has 0 bridgehead atoms. The van der Waals surface area contributed by atoms with Crippen molar-refractivity contribution in [2.75, 3.05) is 5.32 Å². The number of carbonyl (C=O) groups is 1. The van der Waals surface area contributed by atoms with Gasteiger partial charge in [-0.1, -0.05) is 12.1 Å². The maximum atomic E-state index is 11.0. The van der Waals surface area contributed by atoms with Crippen LogP contribution in [0.15, 0.2) is 60.9 Å². The van der Waals surface area contributed by atoms with Crippen LogP contribution in [0.25, 0.3) is 11.1 Å². The summed E-state index contributed by atoms with van der Waals surface area (Å²) < 4.78 is 0. The van der Waals surface area contributed by atoms with Crippen LogP contribution in [0.5, 0.6) is 5.75 Å². The summed E-state index contributed by atoms with van der Waals surface area (Å²) in [5.74, 6) is -0.143. The zero-order valence-electron chi connectivity index (χ0n) is 13.6. The van der Waals surface area contributed by atoms with Gasteiger partial charge in [-0.3, -0.25) is 19.9 Å². The van der Waals surface area contributed by atoms with Crippen molar-refractivity contribution < 1.29 is 14.8 Å². The highest BCUT2D eigenvalue weighted by molar-refractivity contribution is 5.84. The molecule has 0 aliphatic rings. The fourth-order valence-electron chi connectivity index (χ4n) is 2.71. The minimum Gasteiger partial charge on any atom is -0.505 e. The van der Waals surface area contributed by atoms with Gasteiger partial charge in [0, 0.05) is 30.1 Å². The number of nitro benzene ring substituents is 1. The number of aromatic nitrogens is 1. The van der Waals surface area contributed by atoms with Crippen molar-refractivity contribution in [3.05, 3.63) is 82.2 Å². The highest BCUT2D eigenvalue weighted by Gasteiger charge is 2.15. The van der Waals surface area contributed by atoms with E-state index in [4.69, 9.17) is 0 Å². The molecule has 0 radical (unpaired) electrons. The van der Waals surface area contributed by atoms with Crippen LogP contribution in [0, 0.1) is 10.1 Å². The lowest BCUT2D eigenvalue weighted by Crippen LogP contribution is -1.98. The van der Waals surface area contributed by atoms with Crippen molar-refractivity contribution >= 4 is 17.8 Å². The van der Waals surface area contributed by atoms with E-state index < -0.39 is 4.92 Å². The van der Waals surface area contributed by atoms with E-state index in [0.717, 1.165) is 11.1 Å². The monoisotopic (exact) mass is 349 g/mol. The number of nitrogens with one attached hydrogen (secondary N) is 1. The third-order valence-electron chi connectivity index (χ3n) is 3.91. The molecular weight excluding hydrogens is 334 g/mol. The molecule has 3 rings (SSSR count). The van der Waals surface area contributed by atoms with E-state index in [1.165, 1.54) is 12.1 Å². The summed E-state index contributed by atoms with van der Waals surface area (Å²) in [6, 6.07) is 13.1. The Kier molecular flexibility index (Phi) is 4.89. The molecule has 0 atom stereocenters. The minimum absolute atomic E-state index is 0.0775. The molecule has 1 amide bonds. The zero-order chi connectivity index (χ0) is 18.5. The molecule has 26 heavy (non-hydrogen) atoms. The topological polar surface area (TPSA) is 105 Å². The van der Waals surface area contributed by atoms with Gasteiger partial charge in [-0.05, 0) is 47.4 Å². The SMILES string of the molecule is O=CNc1cc(Cc2ccncc2)cc(-c2cccc([N+](=O)[O-])c2)c1O. The van der Waals surface area contributed by atoms with E-state index in [0.29, 0.717) is 24.0 Å². The molecule has 0 aliphatic carbocycles. The number of anilines is 1. The van der Waals surface area contributed by atoms with Crippen molar-refractivity contribution in [1.82, 2.24) is 4.98 Å². The lowest BCUT2D eigenvalue weighted by atomic mass is 9.97. The molecule has 2 aromatic carbocycles. The first-order valence-corrected chi connectivity index (χ1v) is 7.78. The zero-order valence-corrected chi connectivity index (χ0v) is 13.6. The fourth-order valence-corrected chi connectivity index (χ4v) is 2.71.